The summed E-state index contributed by atoms with van der Waals surface area (Å²) in [5.41, 5.74) is 1.41. The highest BCUT2D eigenvalue weighted by atomic mass is 16.5. The van der Waals surface area contributed by atoms with Crippen LogP contribution >= 0.6 is 0 Å². The number of amides is 1. The van der Waals surface area contributed by atoms with E-state index in [0.717, 1.165) is 10.2 Å². The molecule has 0 radical (unpaired) electrons. The lowest BCUT2D eigenvalue weighted by atomic mass is 10.1. The number of carbonyl (C=O) groups is 2. The molecule has 8 heteroatoms. The zero-order valence-electron chi connectivity index (χ0n) is 15.3. The van der Waals surface area contributed by atoms with Crippen LogP contribution < -0.4 is 10.9 Å². The first-order chi connectivity index (χ1) is 13.5. The molecule has 2 aromatic heterocycles. The third-order valence-electron chi connectivity index (χ3n) is 4.14. The van der Waals surface area contributed by atoms with E-state index in [0.29, 0.717) is 11.4 Å². The average molecular weight is 378 g/mol. The lowest BCUT2D eigenvalue weighted by molar-refractivity contribution is -0.119. The van der Waals surface area contributed by atoms with Crippen LogP contribution in [0.5, 0.6) is 0 Å². The Balaban J connectivity index is 1.89. The Bertz CT molecular complexity index is 1060. The highest BCUT2D eigenvalue weighted by Crippen LogP contribution is 2.18. The number of nitrogens with zero attached hydrogens (tertiary/aromatic N) is 3. The molecular weight excluding hydrogens is 360 g/mol. The fourth-order valence-corrected chi connectivity index (χ4v) is 2.61. The van der Waals surface area contributed by atoms with Crippen molar-refractivity contribution in [2.45, 2.75) is 13.0 Å². The zero-order chi connectivity index (χ0) is 20.1. The van der Waals surface area contributed by atoms with Gasteiger partial charge in [0, 0.05) is 24.0 Å². The van der Waals surface area contributed by atoms with Crippen LogP contribution in [0.15, 0.2) is 65.7 Å². The molecule has 28 heavy (non-hydrogen) atoms. The summed E-state index contributed by atoms with van der Waals surface area (Å²) in [5, 5.41) is 6.96. The Labute approximate surface area is 160 Å². The summed E-state index contributed by atoms with van der Waals surface area (Å²) in [6.07, 6.45) is 3.23. The van der Waals surface area contributed by atoms with Gasteiger partial charge in [0.1, 0.15) is 6.04 Å². The summed E-state index contributed by atoms with van der Waals surface area (Å²) in [5.74, 6) is -1.06. The number of pyridine rings is 1. The maximum Gasteiger partial charge on any atom is 0.339 e. The van der Waals surface area contributed by atoms with E-state index in [9.17, 15) is 14.4 Å². The topological polar surface area (TPSA) is 103 Å². The molecular formula is C20H18N4O4. The van der Waals surface area contributed by atoms with E-state index in [4.69, 9.17) is 4.74 Å². The van der Waals surface area contributed by atoms with E-state index in [1.54, 1.807) is 61.8 Å². The van der Waals surface area contributed by atoms with Crippen LogP contribution in [0.2, 0.25) is 0 Å². The number of anilines is 1. The van der Waals surface area contributed by atoms with Crippen molar-refractivity contribution in [3.05, 3.63) is 76.8 Å². The average Bonchev–Trinajstić information content (AvgIpc) is 2.74. The molecule has 0 saturated heterocycles. The number of nitrogens with one attached hydrogen (secondary N) is 1. The molecule has 1 unspecified atom stereocenters. The SMILES string of the molecule is COC(=O)c1ccccc1NC(=O)C(C)n1nc(-c2ccncc2)ccc1=O. The molecule has 3 aromatic rings. The molecule has 0 saturated carbocycles. The predicted molar refractivity (Wildman–Crippen MR) is 103 cm³/mol. The molecule has 8 nitrogen and oxygen atoms in total. The van der Waals surface area contributed by atoms with E-state index < -0.39 is 23.5 Å². The molecule has 0 spiro atoms. The molecule has 0 aliphatic rings. The highest BCUT2D eigenvalue weighted by Gasteiger charge is 2.20. The smallest absolute Gasteiger partial charge is 0.339 e. The number of aromatic nitrogens is 3. The van der Waals surface area contributed by atoms with Gasteiger partial charge in [-0.05, 0) is 37.3 Å². The molecule has 0 bridgehead atoms. The monoisotopic (exact) mass is 378 g/mol. The Morgan fingerprint density at radius 3 is 2.50 bits per heavy atom. The van der Waals surface area contributed by atoms with E-state index in [1.807, 2.05) is 0 Å². The number of ether oxygens (including phenoxy) is 1. The van der Waals surface area contributed by atoms with Gasteiger partial charge in [-0.2, -0.15) is 5.10 Å². The molecule has 0 fully saturated rings. The minimum Gasteiger partial charge on any atom is -0.465 e. The van der Waals surface area contributed by atoms with Crippen molar-refractivity contribution in [3.63, 3.8) is 0 Å². The van der Waals surface area contributed by atoms with Gasteiger partial charge >= 0.3 is 5.97 Å². The summed E-state index contributed by atoms with van der Waals surface area (Å²) in [7, 11) is 1.26. The molecule has 1 N–H and O–H groups in total. The van der Waals surface area contributed by atoms with Crippen LogP contribution in [-0.2, 0) is 9.53 Å². The fourth-order valence-electron chi connectivity index (χ4n) is 2.61. The lowest BCUT2D eigenvalue weighted by Gasteiger charge is -2.16. The number of carbonyl (C=O) groups excluding carboxylic acids is 2. The summed E-state index contributed by atoms with van der Waals surface area (Å²) in [6.45, 7) is 1.56. The zero-order valence-corrected chi connectivity index (χ0v) is 15.3. The number of para-hydroxylation sites is 1. The molecule has 142 valence electrons. The van der Waals surface area contributed by atoms with Crippen LogP contribution in [0.4, 0.5) is 5.69 Å². The predicted octanol–water partition coefficient (Wildman–Crippen LogP) is 2.29. The van der Waals surface area contributed by atoms with Crippen molar-refractivity contribution < 1.29 is 14.3 Å². The van der Waals surface area contributed by atoms with E-state index >= 15 is 0 Å². The minimum absolute atomic E-state index is 0.219. The quantitative estimate of drug-likeness (QED) is 0.683. The maximum absolute atomic E-state index is 12.7. The van der Waals surface area contributed by atoms with Gasteiger partial charge in [0.2, 0.25) is 5.91 Å². The van der Waals surface area contributed by atoms with Gasteiger partial charge in [0.05, 0.1) is 24.1 Å². The summed E-state index contributed by atoms with van der Waals surface area (Å²) < 4.78 is 5.83. The van der Waals surface area contributed by atoms with Crippen molar-refractivity contribution in [3.8, 4) is 11.3 Å². The lowest BCUT2D eigenvalue weighted by Crippen LogP contribution is -2.33. The van der Waals surface area contributed by atoms with Crippen LogP contribution in [0, 0.1) is 0 Å². The largest absolute Gasteiger partial charge is 0.465 e. The van der Waals surface area contributed by atoms with Gasteiger partial charge in [-0.1, -0.05) is 12.1 Å². The fraction of sp³-hybridized carbons (Fsp3) is 0.150. The second kappa shape index (κ2) is 8.26. The minimum atomic E-state index is -0.903. The highest BCUT2D eigenvalue weighted by molar-refractivity contribution is 6.02. The van der Waals surface area contributed by atoms with Crippen LogP contribution in [0.1, 0.15) is 23.3 Å². The Morgan fingerprint density at radius 1 is 1.07 bits per heavy atom. The van der Waals surface area contributed by atoms with Crippen LogP contribution in [0.3, 0.4) is 0 Å². The van der Waals surface area contributed by atoms with Crippen molar-refractivity contribution >= 4 is 17.6 Å². The molecule has 0 aliphatic heterocycles. The number of benzene rings is 1. The summed E-state index contributed by atoms with van der Waals surface area (Å²) in [4.78, 5) is 40.8. The summed E-state index contributed by atoms with van der Waals surface area (Å²) >= 11 is 0. The first-order valence-corrected chi connectivity index (χ1v) is 8.49. The van der Waals surface area contributed by atoms with Crippen molar-refractivity contribution in [2.75, 3.05) is 12.4 Å². The number of esters is 1. The Morgan fingerprint density at radius 2 is 1.79 bits per heavy atom. The van der Waals surface area contributed by atoms with Crippen molar-refractivity contribution in [2.24, 2.45) is 0 Å². The number of hydrogen-bond donors (Lipinski definition) is 1. The second-order valence-electron chi connectivity index (χ2n) is 5.94. The van der Waals surface area contributed by atoms with Gasteiger partial charge < -0.3 is 10.1 Å². The maximum atomic E-state index is 12.7. The first-order valence-electron chi connectivity index (χ1n) is 8.49. The second-order valence-corrected chi connectivity index (χ2v) is 5.94. The molecule has 0 aliphatic carbocycles. The normalized spacial score (nSPS) is 11.5. The van der Waals surface area contributed by atoms with E-state index in [1.165, 1.54) is 13.2 Å². The molecule has 1 amide bonds. The molecule has 1 atom stereocenters. The van der Waals surface area contributed by atoms with Gasteiger partial charge in [-0.3, -0.25) is 14.6 Å². The summed E-state index contributed by atoms with van der Waals surface area (Å²) in [6, 6.07) is 12.0. The van der Waals surface area contributed by atoms with Gasteiger partial charge in [-0.25, -0.2) is 9.48 Å². The van der Waals surface area contributed by atoms with Crippen molar-refractivity contribution in [1.82, 2.24) is 14.8 Å². The Hall–Kier alpha value is -3.81. The van der Waals surface area contributed by atoms with Gasteiger partial charge in [0.25, 0.3) is 5.56 Å². The standard InChI is InChI=1S/C20H18N4O4/c1-13(19(26)22-17-6-4-3-5-15(17)20(27)28-2)24-18(25)8-7-16(23-24)14-9-11-21-12-10-14/h3-13H,1-2H3,(H,22,26). The van der Waals surface area contributed by atoms with E-state index in [2.05, 4.69) is 15.4 Å². The van der Waals surface area contributed by atoms with Gasteiger partial charge in [-0.15, -0.1) is 0 Å². The number of rotatable bonds is 5. The van der Waals surface area contributed by atoms with Crippen LogP contribution in [-0.4, -0.2) is 33.8 Å². The Kier molecular flexibility index (Phi) is 5.59. The first kappa shape index (κ1) is 19.0. The molecule has 3 rings (SSSR count). The number of hydrogen-bond acceptors (Lipinski definition) is 6. The third-order valence-corrected chi connectivity index (χ3v) is 4.14. The van der Waals surface area contributed by atoms with Crippen LogP contribution in [0.25, 0.3) is 11.3 Å². The van der Waals surface area contributed by atoms with E-state index in [-0.39, 0.29) is 5.56 Å². The van der Waals surface area contributed by atoms with Gasteiger partial charge in [0.15, 0.2) is 0 Å². The van der Waals surface area contributed by atoms with Crippen molar-refractivity contribution in [1.29, 1.82) is 0 Å². The third kappa shape index (κ3) is 3.96. The molecule has 1 aromatic carbocycles. The number of methoxy groups -OCH3 is 1. The molecule has 2 heterocycles.